The fourth-order valence-electron chi connectivity index (χ4n) is 1.08. The molecule has 1 rings (SSSR count). The molecule has 4 heteroatoms. The second-order valence-corrected chi connectivity index (χ2v) is 2.56. The van der Waals surface area contributed by atoms with Crippen molar-refractivity contribution in [2.45, 2.75) is 0 Å². The third-order valence-corrected chi connectivity index (χ3v) is 1.62. The highest BCUT2D eigenvalue weighted by Crippen LogP contribution is 2.10. The van der Waals surface area contributed by atoms with Crippen LogP contribution in [0.2, 0.25) is 0 Å². The standard InChI is InChI=1S/C10H10N2O2/c1-3-4-8(7-11-2)12-9(13)5-6-10(12)14/h3-7H,1H2,2H3/b8-4+,11-7?. The summed E-state index contributed by atoms with van der Waals surface area (Å²) in [5.74, 6) is -0.717. The van der Waals surface area contributed by atoms with Gasteiger partial charge in [-0.15, -0.1) is 0 Å². The predicted octanol–water partition coefficient (Wildman–Crippen LogP) is 0.682. The minimum atomic E-state index is -0.358. The molecular formula is C10H10N2O2. The number of amides is 2. The van der Waals surface area contributed by atoms with Gasteiger partial charge in [-0.1, -0.05) is 12.7 Å². The Bertz CT molecular complexity index is 346. The SMILES string of the molecule is C=C/C=C(\C=NC)N1C(=O)C=CC1=O. The van der Waals surface area contributed by atoms with Crippen molar-refractivity contribution in [3.8, 4) is 0 Å². The summed E-state index contributed by atoms with van der Waals surface area (Å²) in [4.78, 5) is 27.3. The van der Waals surface area contributed by atoms with Crippen LogP contribution in [0, 0.1) is 0 Å². The van der Waals surface area contributed by atoms with E-state index < -0.39 is 0 Å². The third kappa shape index (κ3) is 1.85. The van der Waals surface area contributed by atoms with E-state index in [0.717, 1.165) is 4.90 Å². The molecule has 0 aliphatic carbocycles. The summed E-state index contributed by atoms with van der Waals surface area (Å²) in [7, 11) is 1.56. The van der Waals surface area contributed by atoms with Crippen LogP contribution in [0.3, 0.4) is 0 Å². The lowest BCUT2D eigenvalue weighted by atomic mass is 10.3. The maximum Gasteiger partial charge on any atom is 0.258 e. The molecule has 1 aliphatic rings. The van der Waals surface area contributed by atoms with Crippen molar-refractivity contribution in [2.75, 3.05) is 7.05 Å². The van der Waals surface area contributed by atoms with E-state index >= 15 is 0 Å². The van der Waals surface area contributed by atoms with E-state index in [1.807, 2.05) is 0 Å². The Morgan fingerprint density at radius 2 is 2.00 bits per heavy atom. The van der Waals surface area contributed by atoms with Gasteiger partial charge in [-0.3, -0.25) is 14.6 Å². The Hall–Kier alpha value is -1.97. The topological polar surface area (TPSA) is 49.7 Å². The Morgan fingerprint density at radius 1 is 1.43 bits per heavy atom. The molecule has 0 aromatic rings. The van der Waals surface area contributed by atoms with Crippen LogP contribution >= 0.6 is 0 Å². The number of rotatable bonds is 3. The predicted molar refractivity (Wildman–Crippen MR) is 53.7 cm³/mol. The molecule has 4 nitrogen and oxygen atoms in total. The smallest absolute Gasteiger partial charge is 0.258 e. The van der Waals surface area contributed by atoms with E-state index in [1.165, 1.54) is 24.4 Å². The summed E-state index contributed by atoms with van der Waals surface area (Å²) in [6.45, 7) is 3.50. The molecule has 0 spiro atoms. The average molecular weight is 190 g/mol. The van der Waals surface area contributed by atoms with E-state index in [1.54, 1.807) is 13.1 Å². The quantitative estimate of drug-likeness (QED) is 0.373. The molecule has 0 saturated carbocycles. The molecule has 1 heterocycles. The highest BCUT2D eigenvalue weighted by atomic mass is 16.2. The van der Waals surface area contributed by atoms with Crippen molar-refractivity contribution in [2.24, 2.45) is 4.99 Å². The van der Waals surface area contributed by atoms with E-state index in [2.05, 4.69) is 11.6 Å². The monoisotopic (exact) mass is 190 g/mol. The van der Waals surface area contributed by atoms with Crippen molar-refractivity contribution in [1.82, 2.24) is 4.90 Å². The molecule has 2 amide bonds. The van der Waals surface area contributed by atoms with Crippen molar-refractivity contribution < 1.29 is 9.59 Å². The number of allylic oxidation sites excluding steroid dienone is 3. The van der Waals surface area contributed by atoms with Gasteiger partial charge in [0.15, 0.2) is 0 Å². The summed E-state index contributed by atoms with van der Waals surface area (Å²) in [6, 6.07) is 0. The zero-order valence-corrected chi connectivity index (χ0v) is 7.80. The molecule has 0 saturated heterocycles. The molecule has 72 valence electrons. The fraction of sp³-hybridized carbons (Fsp3) is 0.100. The summed E-state index contributed by atoms with van der Waals surface area (Å²) < 4.78 is 0. The largest absolute Gasteiger partial charge is 0.294 e. The van der Waals surface area contributed by atoms with Crippen molar-refractivity contribution in [1.29, 1.82) is 0 Å². The average Bonchev–Trinajstić information content (AvgIpc) is 2.46. The van der Waals surface area contributed by atoms with Gasteiger partial charge in [0, 0.05) is 25.4 Å². The van der Waals surface area contributed by atoms with Gasteiger partial charge in [0.2, 0.25) is 0 Å². The zero-order valence-electron chi connectivity index (χ0n) is 7.80. The number of nitrogens with zero attached hydrogens (tertiary/aromatic N) is 2. The third-order valence-electron chi connectivity index (χ3n) is 1.62. The second-order valence-electron chi connectivity index (χ2n) is 2.56. The number of hydrogen-bond acceptors (Lipinski definition) is 3. The van der Waals surface area contributed by atoms with Crippen LogP contribution in [0.1, 0.15) is 0 Å². The van der Waals surface area contributed by atoms with Crippen LogP contribution in [0.15, 0.2) is 41.6 Å². The minimum Gasteiger partial charge on any atom is -0.294 e. The number of imide groups is 1. The van der Waals surface area contributed by atoms with Crippen LogP contribution in [0.25, 0.3) is 0 Å². The van der Waals surface area contributed by atoms with E-state index in [4.69, 9.17) is 0 Å². The Balaban J connectivity index is 3.01. The van der Waals surface area contributed by atoms with Crippen LogP contribution in [-0.4, -0.2) is 30.0 Å². The highest BCUT2D eigenvalue weighted by Gasteiger charge is 2.25. The molecule has 0 N–H and O–H groups in total. The Morgan fingerprint density at radius 3 is 2.43 bits per heavy atom. The second kappa shape index (κ2) is 4.32. The fourth-order valence-corrected chi connectivity index (χ4v) is 1.08. The molecular weight excluding hydrogens is 180 g/mol. The number of aliphatic imine (C=N–C) groups is 1. The van der Waals surface area contributed by atoms with Gasteiger partial charge >= 0.3 is 0 Å². The van der Waals surface area contributed by atoms with Gasteiger partial charge < -0.3 is 0 Å². The number of hydrogen-bond donors (Lipinski definition) is 0. The van der Waals surface area contributed by atoms with Gasteiger partial charge in [0.25, 0.3) is 11.8 Å². The summed E-state index contributed by atoms with van der Waals surface area (Å²) in [5, 5.41) is 0. The first kappa shape index (κ1) is 10.1. The first-order chi connectivity index (χ1) is 6.70. The molecule has 0 aromatic carbocycles. The summed E-state index contributed by atoms with van der Waals surface area (Å²) >= 11 is 0. The molecule has 0 aromatic heterocycles. The normalized spacial score (nSPS) is 17.2. The molecule has 0 unspecified atom stereocenters. The molecule has 0 bridgehead atoms. The van der Waals surface area contributed by atoms with Gasteiger partial charge in [-0.05, 0) is 6.08 Å². The maximum atomic E-state index is 11.3. The highest BCUT2D eigenvalue weighted by molar-refractivity contribution is 6.16. The number of carbonyl (C=O) groups excluding carboxylic acids is 2. The van der Waals surface area contributed by atoms with Crippen LogP contribution < -0.4 is 0 Å². The van der Waals surface area contributed by atoms with Crippen molar-refractivity contribution in [3.05, 3.63) is 36.6 Å². The van der Waals surface area contributed by atoms with Crippen LogP contribution in [0.4, 0.5) is 0 Å². The summed E-state index contributed by atoms with van der Waals surface area (Å²) in [5.41, 5.74) is 0.419. The van der Waals surface area contributed by atoms with Gasteiger partial charge in [0.1, 0.15) is 0 Å². The van der Waals surface area contributed by atoms with Crippen LogP contribution in [0.5, 0.6) is 0 Å². The summed E-state index contributed by atoms with van der Waals surface area (Å²) in [6.07, 6.45) is 6.93. The first-order valence-electron chi connectivity index (χ1n) is 4.01. The van der Waals surface area contributed by atoms with E-state index in [0.29, 0.717) is 5.70 Å². The van der Waals surface area contributed by atoms with Crippen molar-refractivity contribution >= 4 is 18.0 Å². The van der Waals surface area contributed by atoms with Gasteiger partial charge in [0.05, 0.1) is 5.70 Å². The first-order valence-corrected chi connectivity index (χ1v) is 4.01. The molecule has 0 fully saturated rings. The lowest BCUT2D eigenvalue weighted by Crippen LogP contribution is -2.29. The molecule has 14 heavy (non-hydrogen) atoms. The zero-order chi connectivity index (χ0) is 10.6. The van der Waals surface area contributed by atoms with Crippen molar-refractivity contribution in [3.63, 3.8) is 0 Å². The molecule has 0 atom stereocenters. The lowest BCUT2D eigenvalue weighted by Gasteiger charge is -2.13. The van der Waals surface area contributed by atoms with Crippen LogP contribution in [-0.2, 0) is 9.59 Å². The van der Waals surface area contributed by atoms with E-state index in [-0.39, 0.29) is 11.8 Å². The molecule has 0 radical (unpaired) electrons. The lowest BCUT2D eigenvalue weighted by molar-refractivity contribution is -0.133. The minimum absolute atomic E-state index is 0.358. The number of carbonyl (C=O) groups is 2. The Labute approximate surface area is 81.9 Å². The maximum absolute atomic E-state index is 11.3. The van der Waals surface area contributed by atoms with Gasteiger partial charge in [-0.25, -0.2) is 4.90 Å². The van der Waals surface area contributed by atoms with Gasteiger partial charge in [-0.2, -0.15) is 0 Å². The van der Waals surface area contributed by atoms with E-state index in [9.17, 15) is 9.59 Å². The molecule has 1 aliphatic heterocycles. The Kier molecular flexibility index (Phi) is 3.12.